The average Bonchev–Trinajstić information content (AvgIpc) is 3.31. The van der Waals surface area contributed by atoms with Gasteiger partial charge >= 0.3 is 0 Å². The Morgan fingerprint density at radius 3 is 2.45 bits per heavy atom. The molecule has 0 saturated heterocycles. The number of nitrogens with zero attached hydrogens (tertiary/aromatic N) is 4. The molecule has 0 N–H and O–H groups in total. The number of hydrogen-bond acceptors (Lipinski definition) is 5. The number of benzene rings is 2. The Morgan fingerprint density at radius 2 is 1.82 bits per heavy atom. The highest BCUT2D eigenvalue weighted by atomic mass is 16.5. The van der Waals surface area contributed by atoms with E-state index in [0.29, 0.717) is 29.0 Å². The summed E-state index contributed by atoms with van der Waals surface area (Å²) >= 11 is 0. The first-order chi connectivity index (χ1) is 18.3. The van der Waals surface area contributed by atoms with Gasteiger partial charge in [-0.2, -0.15) is 10.4 Å². The Bertz CT molecular complexity index is 1470. The number of rotatable bonds is 8. The predicted molar refractivity (Wildman–Crippen MR) is 147 cm³/mol. The van der Waals surface area contributed by atoms with E-state index in [-0.39, 0.29) is 11.6 Å². The highest BCUT2D eigenvalue weighted by molar-refractivity contribution is 6.20. The number of hydrogen-bond donors (Lipinski definition) is 0. The Hall–Kier alpha value is -4.44. The normalized spacial score (nSPS) is 15.0. The standard InChI is InChI=1S/C31H32N4O3/c1-6-7-15-38-25-13-14-26(21(4)16-25)29-23(19-34(33-29)24-11-9-8-10-12-24)17-27-22(5)28(18-32)31(37)35(20(2)3)30(27)36/h8-14,16-17,19-20H,6-7,15H2,1-5H3/b27-17+. The van der Waals surface area contributed by atoms with E-state index in [1.165, 1.54) is 0 Å². The number of para-hydroxylation sites is 1. The molecule has 0 unspecified atom stereocenters. The largest absolute Gasteiger partial charge is 0.494 e. The van der Waals surface area contributed by atoms with Crippen molar-refractivity contribution in [1.82, 2.24) is 14.7 Å². The Labute approximate surface area is 223 Å². The lowest BCUT2D eigenvalue weighted by molar-refractivity contribution is -0.142. The van der Waals surface area contributed by atoms with Crippen LogP contribution in [-0.4, -0.2) is 39.1 Å². The van der Waals surface area contributed by atoms with Gasteiger partial charge in [-0.1, -0.05) is 31.5 Å². The number of carbonyl (C=O) groups is 2. The lowest BCUT2D eigenvalue weighted by Crippen LogP contribution is -2.46. The van der Waals surface area contributed by atoms with Crippen LogP contribution in [0.25, 0.3) is 23.0 Å². The number of ether oxygens (including phenoxy) is 1. The molecular formula is C31H32N4O3. The summed E-state index contributed by atoms with van der Waals surface area (Å²) in [5.74, 6) is -0.179. The maximum absolute atomic E-state index is 13.5. The molecule has 7 heteroatoms. The summed E-state index contributed by atoms with van der Waals surface area (Å²) in [7, 11) is 0. The molecule has 194 valence electrons. The zero-order valence-electron chi connectivity index (χ0n) is 22.5. The van der Waals surface area contributed by atoms with Crippen molar-refractivity contribution >= 4 is 17.9 Å². The fraction of sp³-hybridized carbons (Fsp3) is 0.290. The topological polar surface area (TPSA) is 88.2 Å². The fourth-order valence-corrected chi connectivity index (χ4v) is 4.47. The molecule has 2 heterocycles. The van der Waals surface area contributed by atoms with Gasteiger partial charge in [0.15, 0.2) is 0 Å². The number of nitriles is 1. The number of unbranched alkanes of at least 4 members (excludes halogenated alkanes) is 1. The molecule has 3 aromatic rings. The van der Waals surface area contributed by atoms with Gasteiger partial charge in [0.05, 0.1) is 12.3 Å². The molecule has 1 aromatic heterocycles. The lowest BCUT2D eigenvalue weighted by atomic mass is 9.92. The molecule has 7 nitrogen and oxygen atoms in total. The number of aryl methyl sites for hydroxylation is 1. The number of aromatic nitrogens is 2. The van der Waals surface area contributed by atoms with Crippen molar-refractivity contribution in [2.45, 2.75) is 53.5 Å². The first kappa shape index (κ1) is 26.6. The van der Waals surface area contributed by atoms with E-state index in [0.717, 1.165) is 40.3 Å². The van der Waals surface area contributed by atoms with Crippen molar-refractivity contribution in [2.24, 2.45) is 0 Å². The first-order valence-corrected chi connectivity index (χ1v) is 12.9. The number of amides is 2. The third-order valence-corrected chi connectivity index (χ3v) is 6.57. The number of imide groups is 1. The van der Waals surface area contributed by atoms with Crippen LogP contribution in [0.3, 0.4) is 0 Å². The second-order valence-electron chi connectivity index (χ2n) is 9.64. The van der Waals surface area contributed by atoms with E-state index in [1.807, 2.05) is 67.7 Å². The van der Waals surface area contributed by atoms with Gasteiger partial charge in [-0.15, -0.1) is 0 Å². The van der Waals surface area contributed by atoms with Gasteiger partial charge in [0.2, 0.25) is 0 Å². The van der Waals surface area contributed by atoms with Crippen LogP contribution in [0.5, 0.6) is 5.75 Å². The Kier molecular flexibility index (Phi) is 7.92. The average molecular weight is 509 g/mol. The van der Waals surface area contributed by atoms with Crippen LogP contribution in [-0.2, 0) is 9.59 Å². The minimum atomic E-state index is -0.558. The molecule has 38 heavy (non-hydrogen) atoms. The van der Waals surface area contributed by atoms with Crippen LogP contribution >= 0.6 is 0 Å². The predicted octanol–water partition coefficient (Wildman–Crippen LogP) is 6.03. The van der Waals surface area contributed by atoms with E-state index in [9.17, 15) is 14.9 Å². The van der Waals surface area contributed by atoms with Crippen molar-refractivity contribution in [3.8, 4) is 28.8 Å². The van der Waals surface area contributed by atoms with Crippen molar-refractivity contribution < 1.29 is 14.3 Å². The van der Waals surface area contributed by atoms with Crippen LogP contribution in [0.1, 0.15) is 51.7 Å². The van der Waals surface area contributed by atoms with E-state index < -0.39 is 11.8 Å². The SMILES string of the molecule is CCCCOc1ccc(-c2nn(-c3ccccc3)cc2/C=C2/C(=O)N(C(C)C)C(=O)C(C#N)=C2C)c(C)c1. The van der Waals surface area contributed by atoms with Crippen molar-refractivity contribution in [1.29, 1.82) is 5.26 Å². The second-order valence-corrected chi connectivity index (χ2v) is 9.64. The van der Waals surface area contributed by atoms with Crippen LogP contribution in [0, 0.1) is 18.3 Å². The molecule has 0 spiro atoms. The summed E-state index contributed by atoms with van der Waals surface area (Å²) in [5.41, 5.74) is 4.80. The van der Waals surface area contributed by atoms with E-state index in [1.54, 1.807) is 31.5 Å². The minimum absolute atomic E-state index is 0.0219. The summed E-state index contributed by atoms with van der Waals surface area (Å²) in [6.45, 7) is 9.96. The van der Waals surface area contributed by atoms with Gasteiger partial charge in [0, 0.05) is 28.9 Å². The van der Waals surface area contributed by atoms with Crippen LogP contribution in [0.4, 0.5) is 0 Å². The summed E-state index contributed by atoms with van der Waals surface area (Å²) in [6.07, 6.45) is 5.66. The second kappa shape index (κ2) is 11.3. The van der Waals surface area contributed by atoms with Crippen molar-refractivity contribution in [2.75, 3.05) is 6.61 Å². The van der Waals surface area contributed by atoms with E-state index in [2.05, 4.69) is 6.92 Å². The van der Waals surface area contributed by atoms with Gasteiger partial charge in [0.1, 0.15) is 23.1 Å². The molecule has 1 aliphatic heterocycles. The first-order valence-electron chi connectivity index (χ1n) is 12.9. The monoisotopic (exact) mass is 508 g/mol. The molecule has 1 aliphatic rings. The highest BCUT2D eigenvalue weighted by Gasteiger charge is 2.37. The third kappa shape index (κ3) is 5.16. The van der Waals surface area contributed by atoms with Gasteiger partial charge in [-0.3, -0.25) is 14.5 Å². The molecule has 4 rings (SSSR count). The Morgan fingerprint density at radius 1 is 1.08 bits per heavy atom. The zero-order valence-corrected chi connectivity index (χ0v) is 22.5. The smallest absolute Gasteiger partial charge is 0.271 e. The maximum Gasteiger partial charge on any atom is 0.271 e. The fourth-order valence-electron chi connectivity index (χ4n) is 4.47. The molecule has 0 radical (unpaired) electrons. The summed E-state index contributed by atoms with van der Waals surface area (Å²) < 4.78 is 7.66. The Balaban J connectivity index is 1.88. The van der Waals surface area contributed by atoms with Gasteiger partial charge in [-0.25, -0.2) is 4.68 Å². The minimum Gasteiger partial charge on any atom is -0.494 e. The molecule has 0 saturated carbocycles. The molecular weight excluding hydrogens is 476 g/mol. The van der Waals surface area contributed by atoms with Gasteiger partial charge < -0.3 is 4.74 Å². The van der Waals surface area contributed by atoms with E-state index >= 15 is 0 Å². The van der Waals surface area contributed by atoms with Crippen LogP contribution < -0.4 is 4.74 Å². The third-order valence-electron chi connectivity index (χ3n) is 6.57. The molecule has 0 atom stereocenters. The van der Waals surface area contributed by atoms with Crippen molar-refractivity contribution in [3.05, 3.63) is 82.6 Å². The highest BCUT2D eigenvalue weighted by Crippen LogP contribution is 2.34. The molecule has 0 aliphatic carbocycles. The molecule has 0 bridgehead atoms. The molecule has 0 fully saturated rings. The number of carbonyl (C=O) groups excluding carboxylic acids is 2. The van der Waals surface area contributed by atoms with Crippen LogP contribution in [0.15, 0.2) is 71.4 Å². The molecule has 2 amide bonds. The van der Waals surface area contributed by atoms with Crippen LogP contribution in [0.2, 0.25) is 0 Å². The quantitative estimate of drug-likeness (QED) is 0.211. The van der Waals surface area contributed by atoms with Gasteiger partial charge in [0.25, 0.3) is 11.8 Å². The summed E-state index contributed by atoms with van der Waals surface area (Å²) in [5, 5.41) is 14.6. The molecule has 2 aromatic carbocycles. The summed E-state index contributed by atoms with van der Waals surface area (Å²) in [4.78, 5) is 27.4. The van der Waals surface area contributed by atoms with E-state index in [4.69, 9.17) is 9.84 Å². The van der Waals surface area contributed by atoms with Gasteiger partial charge in [-0.05, 0) is 81.7 Å². The van der Waals surface area contributed by atoms with Crippen molar-refractivity contribution in [3.63, 3.8) is 0 Å². The zero-order chi connectivity index (χ0) is 27.4. The lowest BCUT2D eigenvalue weighted by Gasteiger charge is -2.30. The maximum atomic E-state index is 13.5. The summed E-state index contributed by atoms with van der Waals surface area (Å²) in [6, 6.07) is 17.2.